The molecule has 0 aromatic heterocycles. The first kappa shape index (κ1) is 18.2. The fourth-order valence-corrected chi connectivity index (χ4v) is 2.96. The Morgan fingerprint density at radius 2 is 1.13 bits per heavy atom. The highest BCUT2D eigenvalue weighted by Gasteiger charge is 2.29. The molecule has 0 radical (unpaired) electrons. The molecule has 0 saturated carbocycles. The lowest BCUT2D eigenvalue weighted by Gasteiger charge is -2.33. The van der Waals surface area contributed by atoms with Gasteiger partial charge in [0.15, 0.2) is 0 Å². The maximum Gasteiger partial charge on any atom is 0.0897 e. The third-order valence-corrected chi connectivity index (χ3v) is 5.30. The number of hydrogen-bond acceptors (Lipinski definition) is 2. The number of hydrogen-bond donors (Lipinski definition) is 0. The smallest absolute Gasteiger partial charge is 0.0897 e. The van der Waals surface area contributed by atoms with Crippen LogP contribution in [-0.4, -0.2) is 24.4 Å². The van der Waals surface area contributed by atoms with E-state index in [-0.39, 0.29) is 11.2 Å². The third-order valence-electron chi connectivity index (χ3n) is 5.30. The van der Waals surface area contributed by atoms with Crippen LogP contribution >= 0.6 is 0 Å². The van der Waals surface area contributed by atoms with Crippen molar-refractivity contribution in [3.63, 3.8) is 0 Å². The van der Waals surface area contributed by atoms with E-state index in [0.29, 0.717) is 11.8 Å². The molecule has 2 heteroatoms. The highest BCUT2D eigenvalue weighted by molar-refractivity contribution is 5.20. The van der Waals surface area contributed by atoms with Gasteiger partial charge in [0.05, 0.1) is 11.2 Å². The second-order valence-corrected chi connectivity index (χ2v) is 7.19. The molecule has 4 unspecified atom stereocenters. The molecule has 0 saturated heterocycles. The summed E-state index contributed by atoms with van der Waals surface area (Å²) in [5.74, 6) is 0.867. The van der Waals surface area contributed by atoms with Crippen molar-refractivity contribution in [1.82, 2.24) is 0 Å². The van der Waals surface area contributed by atoms with Gasteiger partial charge in [0.25, 0.3) is 0 Å². The zero-order chi connectivity index (χ0) is 16.8. The van der Waals surface area contributed by atoms with E-state index in [4.69, 9.17) is 9.47 Å². The van der Waals surface area contributed by atoms with E-state index in [1.807, 2.05) is 0 Å². The first-order valence-electron chi connectivity index (χ1n) is 8.96. The summed E-state index contributed by atoms with van der Waals surface area (Å²) in [6.45, 7) is 10.4. The summed E-state index contributed by atoms with van der Waals surface area (Å²) in [7, 11) is 0. The Bertz CT molecular complexity index is 444. The molecule has 0 amide bonds. The Hall–Kier alpha value is -1.12. The first-order chi connectivity index (χ1) is 11.0. The maximum atomic E-state index is 6.12. The second kappa shape index (κ2) is 8.12. The normalized spacial score (nSPS) is 35.8. The predicted molar refractivity (Wildman–Crippen MR) is 97.5 cm³/mol. The van der Waals surface area contributed by atoms with E-state index in [9.17, 15) is 0 Å². The van der Waals surface area contributed by atoms with Crippen molar-refractivity contribution in [3.8, 4) is 0 Å². The van der Waals surface area contributed by atoms with Crippen LogP contribution in [-0.2, 0) is 9.47 Å². The summed E-state index contributed by atoms with van der Waals surface area (Å²) in [6.07, 6.45) is 20.5. The van der Waals surface area contributed by atoms with Crippen LogP contribution in [0.3, 0.4) is 0 Å². The molecule has 23 heavy (non-hydrogen) atoms. The van der Waals surface area contributed by atoms with E-state index in [1.54, 1.807) is 0 Å². The molecule has 0 aromatic carbocycles. The molecule has 0 fully saturated rings. The molecular weight excluding hydrogens is 284 g/mol. The Morgan fingerprint density at radius 3 is 1.52 bits per heavy atom. The van der Waals surface area contributed by atoms with Crippen molar-refractivity contribution in [2.45, 2.75) is 58.2 Å². The molecular formula is C21H32O2. The van der Waals surface area contributed by atoms with Gasteiger partial charge in [0.1, 0.15) is 0 Å². The maximum absolute atomic E-state index is 6.12. The van der Waals surface area contributed by atoms with Gasteiger partial charge >= 0.3 is 0 Å². The summed E-state index contributed by atoms with van der Waals surface area (Å²) < 4.78 is 12.2. The molecule has 2 aliphatic rings. The van der Waals surface area contributed by atoms with E-state index in [0.717, 1.165) is 32.5 Å². The van der Waals surface area contributed by atoms with Gasteiger partial charge in [-0.05, 0) is 33.1 Å². The van der Waals surface area contributed by atoms with Crippen LogP contribution in [0.1, 0.15) is 47.0 Å². The van der Waals surface area contributed by atoms with Gasteiger partial charge in [-0.2, -0.15) is 0 Å². The SMILES string of the molecule is CC1C=CC=CC1(C)OCCCCCOC1(C)C=CC=CC1C. The molecule has 2 aliphatic carbocycles. The van der Waals surface area contributed by atoms with Crippen molar-refractivity contribution >= 4 is 0 Å². The molecule has 4 atom stereocenters. The quantitative estimate of drug-likeness (QED) is 0.571. The van der Waals surface area contributed by atoms with Gasteiger partial charge in [-0.25, -0.2) is 0 Å². The fourth-order valence-electron chi connectivity index (χ4n) is 2.96. The highest BCUT2D eigenvalue weighted by atomic mass is 16.5. The Labute approximate surface area is 141 Å². The van der Waals surface area contributed by atoms with Crippen LogP contribution in [0.5, 0.6) is 0 Å². The molecule has 0 aliphatic heterocycles. The van der Waals surface area contributed by atoms with Crippen LogP contribution < -0.4 is 0 Å². The van der Waals surface area contributed by atoms with Gasteiger partial charge in [-0.3, -0.25) is 0 Å². The van der Waals surface area contributed by atoms with Crippen molar-refractivity contribution < 1.29 is 9.47 Å². The van der Waals surface area contributed by atoms with Gasteiger partial charge in [0, 0.05) is 25.0 Å². The van der Waals surface area contributed by atoms with E-state index in [2.05, 4.69) is 76.3 Å². The third kappa shape index (κ3) is 4.92. The lowest BCUT2D eigenvalue weighted by atomic mass is 9.87. The van der Waals surface area contributed by atoms with E-state index >= 15 is 0 Å². The summed E-state index contributed by atoms with van der Waals surface area (Å²) >= 11 is 0. The van der Waals surface area contributed by atoms with Crippen LogP contribution in [0.2, 0.25) is 0 Å². The van der Waals surface area contributed by atoms with E-state index < -0.39 is 0 Å². The predicted octanol–water partition coefficient (Wildman–Crippen LogP) is 5.23. The minimum absolute atomic E-state index is 0.145. The molecule has 0 spiro atoms. The standard InChI is InChI=1S/C21H32O2/c1-18-12-6-8-14-20(18,3)22-16-10-5-11-17-23-21(4)15-9-7-13-19(21)2/h6-9,12-15,18-19H,5,10-11,16-17H2,1-4H3. The summed E-state index contributed by atoms with van der Waals surface area (Å²) in [6, 6.07) is 0. The van der Waals surface area contributed by atoms with Gasteiger partial charge < -0.3 is 9.47 Å². The van der Waals surface area contributed by atoms with Crippen molar-refractivity contribution in [3.05, 3.63) is 48.6 Å². The van der Waals surface area contributed by atoms with E-state index in [1.165, 1.54) is 0 Å². The minimum Gasteiger partial charge on any atom is -0.371 e. The van der Waals surface area contributed by atoms with Crippen molar-refractivity contribution in [1.29, 1.82) is 0 Å². The van der Waals surface area contributed by atoms with Crippen LogP contribution in [0.15, 0.2) is 48.6 Å². The van der Waals surface area contributed by atoms with Crippen molar-refractivity contribution in [2.75, 3.05) is 13.2 Å². The van der Waals surface area contributed by atoms with Crippen LogP contribution in [0.4, 0.5) is 0 Å². The molecule has 128 valence electrons. The average Bonchev–Trinajstić information content (AvgIpc) is 2.53. The fraction of sp³-hybridized carbons (Fsp3) is 0.619. The molecule has 0 aromatic rings. The van der Waals surface area contributed by atoms with Gasteiger partial charge in [0.2, 0.25) is 0 Å². The molecule has 0 bridgehead atoms. The van der Waals surface area contributed by atoms with Crippen molar-refractivity contribution in [2.24, 2.45) is 11.8 Å². The van der Waals surface area contributed by atoms with Crippen LogP contribution in [0, 0.1) is 11.8 Å². The monoisotopic (exact) mass is 316 g/mol. The summed E-state index contributed by atoms with van der Waals surface area (Å²) in [4.78, 5) is 0. The number of unbranched alkanes of at least 4 members (excludes halogenated alkanes) is 2. The van der Waals surface area contributed by atoms with Crippen LogP contribution in [0.25, 0.3) is 0 Å². The molecule has 2 rings (SSSR count). The molecule has 0 N–H and O–H groups in total. The lowest BCUT2D eigenvalue weighted by Crippen LogP contribution is -2.35. The minimum atomic E-state index is -0.145. The Morgan fingerprint density at radius 1 is 0.696 bits per heavy atom. The summed E-state index contributed by atoms with van der Waals surface area (Å²) in [5, 5.41) is 0. The number of allylic oxidation sites excluding steroid dienone is 4. The summed E-state index contributed by atoms with van der Waals surface area (Å²) in [5.41, 5.74) is -0.291. The highest BCUT2D eigenvalue weighted by Crippen LogP contribution is 2.29. The molecule has 0 heterocycles. The zero-order valence-electron chi connectivity index (χ0n) is 15.1. The topological polar surface area (TPSA) is 18.5 Å². The zero-order valence-corrected chi connectivity index (χ0v) is 15.1. The second-order valence-electron chi connectivity index (χ2n) is 7.19. The number of ether oxygens (including phenoxy) is 2. The Kier molecular flexibility index (Phi) is 6.43. The largest absolute Gasteiger partial charge is 0.371 e. The average molecular weight is 316 g/mol. The number of rotatable bonds is 8. The first-order valence-corrected chi connectivity index (χ1v) is 8.96. The lowest BCUT2D eigenvalue weighted by molar-refractivity contribution is -0.0302. The Balaban J connectivity index is 1.58. The van der Waals surface area contributed by atoms with Gasteiger partial charge in [-0.1, -0.05) is 62.5 Å². The van der Waals surface area contributed by atoms with Gasteiger partial charge in [-0.15, -0.1) is 0 Å². The molecule has 2 nitrogen and oxygen atoms in total.